The first-order valence-electron chi connectivity index (χ1n) is 5.92. The van der Waals surface area contributed by atoms with Crippen LogP contribution in [0.1, 0.15) is 6.92 Å². The van der Waals surface area contributed by atoms with E-state index < -0.39 is 24.4 Å². The van der Waals surface area contributed by atoms with E-state index in [1.54, 1.807) is 7.11 Å². The average Bonchev–Trinajstić information content (AvgIpc) is 2.77. The van der Waals surface area contributed by atoms with E-state index in [1.165, 1.54) is 11.8 Å². The predicted octanol–water partition coefficient (Wildman–Crippen LogP) is -0.499. The lowest BCUT2D eigenvalue weighted by Gasteiger charge is -2.40. The molecule has 6 nitrogen and oxygen atoms in total. The highest BCUT2D eigenvalue weighted by molar-refractivity contribution is 8.14. The molecule has 18 heavy (non-hydrogen) atoms. The van der Waals surface area contributed by atoms with Gasteiger partial charge in [0.2, 0.25) is 0 Å². The quantitative estimate of drug-likeness (QED) is 0.708. The number of hydrogen-bond donors (Lipinski definition) is 2. The molecule has 2 aliphatic rings. The predicted molar refractivity (Wildman–Crippen MR) is 69.6 cm³/mol. The zero-order valence-electron chi connectivity index (χ0n) is 11.0. The molecule has 0 bridgehead atoms. The van der Waals surface area contributed by atoms with Gasteiger partial charge in [0.05, 0.1) is 6.10 Å². The van der Waals surface area contributed by atoms with Gasteiger partial charge in [0.25, 0.3) is 0 Å². The fourth-order valence-corrected chi connectivity index (χ4v) is 3.26. The summed E-state index contributed by atoms with van der Waals surface area (Å²) in [6.07, 6.45) is -2.71. The molecule has 2 aliphatic heterocycles. The van der Waals surface area contributed by atoms with Crippen molar-refractivity contribution in [2.24, 2.45) is 4.99 Å². The number of aliphatic hydroxyl groups excluding tert-OH is 2. The molecular weight excluding hydrogens is 256 g/mol. The Hall–Kier alpha value is -0.340. The largest absolute Gasteiger partial charge is 0.388 e. The smallest absolute Gasteiger partial charge is 0.161 e. The lowest BCUT2D eigenvalue weighted by Crippen LogP contribution is -2.58. The summed E-state index contributed by atoms with van der Waals surface area (Å²) in [5.74, 6) is 0. The number of amidine groups is 1. The first-order valence-corrected chi connectivity index (χ1v) is 6.80. The molecule has 0 radical (unpaired) electrons. The van der Waals surface area contributed by atoms with Gasteiger partial charge in [-0.1, -0.05) is 11.8 Å². The maximum atomic E-state index is 10.1. The zero-order chi connectivity index (χ0) is 13.4. The van der Waals surface area contributed by atoms with Gasteiger partial charge in [0, 0.05) is 21.2 Å². The Balaban J connectivity index is 2.14. The summed E-state index contributed by atoms with van der Waals surface area (Å²) < 4.78 is 11.0. The van der Waals surface area contributed by atoms with Gasteiger partial charge in [-0.25, -0.2) is 0 Å². The molecule has 1 fully saturated rings. The van der Waals surface area contributed by atoms with Crippen LogP contribution in [0.15, 0.2) is 4.99 Å². The van der Waals surface area contributed by atoms with E-state index in [1.807, 2.05) is 25.9 Å². The summed E-state index contributed by atoms with van der Waals surface area (Å²) in [5, 5.41) is 21.0. The number of nitrogens with zero attached hydrogens (tertiary/aromatic N) is 2. The van der Waals surface area contributed by atoms with Gasteiger partial charge in [-0.05, 0) is 6.92 Å². The van der Waals surface area contributed by atoms with Crippen molar-refractivity contribution in [2.75, 3.05) is 21.2 Å². The number of fused-ring (bicyclic) bond motifs is 1. The van der Waals surface area contributed by atoms with Gasteiger partial charge < -0.3 is 24.6 Å². The Morgan fingerprint density at radius 1 is 1.39 bits per heavy atom. The Morgan fingerprint density at radius 2 is 2.06 bits per heavy atom. The van der Waals surface area contributed by atoms with Crippen molar-refractivity contribution in [1.29, 1.82) is 0 Å². The lowest BCUT2D eigenvalue weighted by molar-refractivity contribution is -0.186. The number of methoxy groups -OCH3 is 1. The van der Waals surface area contributed by atoms with Crippen LogP contribution in [0.25, 0.3) is 0 Å². The molecule has 1 saturated heterocycles. The summed E-state index contributed by atoms with van der Waals surface area (Å²) in [5.41, 5.74) is -0.261. The zero-order valence-corrected chi connectivity index (χ0v) is 11.8. The van der Waals surface area contributed by atoms with Gasteiger partial charge in [-0.15, -0.1) is 0 Å². The summed E-state index contributed by atoms with van der Waals surface area (Å²) >= 11 is 1.47. The van der Waals surface area contributed by atoms with E-state index in [4.69, 9.17) is 9.47 Å². The maximum Gasteiger partial charge on any atom is 0.161 e. The standard InChI is InChI=1S/C11H20N2O4S/c1-5(16-4)9-8(15)7(14)6-10(17-9)18-11(12-6)13(2)3/h5-10,14-15H,1-4H3/t5-,6+,7+,8-,9+,10+/m0/s1. The van der Waals surface area contributed by atoms with Crippen molar-refractivity contribution in [3.63, 3.8) is 0 Å². The molecule has 2 N–H and O–H groups in total. The van der Waals surface area contributed by atoms with Crippen LogP contribution in [-0.2, 0) is 9.47 Å². The number of hydrogen-bond acceptors (Lipinski definition) is 7. The molecule has 0 unspecified atom stereocenters. The highest BCUT2D eigenvalue weighted by Crippen LogP contribution is 2.37. The summed E-state index contributed by atoms with van der Waals surface area (Å²) in [6.45, 7) is 1.81. The highest BCUT2D eigenvalue weighted by Gasteiger charge is 2.49. The van der Waals surface area contributed by atoms with Crippen LogP contribution in [0.2, 0.25) is 0 Å². The first kappa shape index (κ1) is 14.1. The molecule has 0 aliphatic carbocycles. The SMILES string of the molecule is CO[C@@H](C)[C@H]1O[C@@H]2SC(N(C)C)=N[C@@H]2[C@@H](O)[C@@H]1O. The average molecular weight is 276 g/mol. The third kappa shape index (κ3) is 2.37. The van der Waals surface area contributed by atoms with Gasteiger partial charge >= 0.3 is 0 Å². The number of rotatable bonds is 2. The monoisotopic (exact) mass is 276 g/mol. The molecule has 0 saturated carbocycles. The minimum atomic E-state index is -0.980. The van der Waals surface area contributed by atoms with Gasteiger partial charge in [0.15, 0.2) is 5.17 Å². The molecule has 6 atom stereocenters. The minimum Gasteiger partial charge on any atom is -0.388 e. The molecule has 2 heterocycles. The Kier molecular flexibility index (Phi) is 4.18. The van der Waals surface area contributed by atoms with E-state index in [0.717, 1.165) is 5.17 Å². The van der Waals surface area contributed by atoms with Gasteiger partial charge in [0.1, 0.15) is 29.8 Å². The number of aliphatic hydroxyl groups is 2. The van der Waals surface area contributed by atoms with E-state index in [0.29, 0.717) is 0 Å². The van der Waals surface area contributed by atoms with Crippen molar-refractivity contribution < 1.29 is 19.7 Å². The number of thioether (sulfide) groups is 1. The van der Waals surface area contributed by atoms with Crippen LogP contribution < -0.4 is 0 Å². The van der Waals surface area contributed by atoms with Crippen LogP contribution in [-0.4, -0.2) is 77.4 Å². The van der Waals surface area contributed by atoms with Crippen LogP contribution in [0, 0.1) is 0 Å². The molecule has 2 rings (SSSR count). The molecule has 104 valence electrons. The van der Waals surface area contributed by atoms with Crippen molar-refractivity contribution in [1.82, 2.24) is 4.90 Å². The summed E-state index contributed by atoms with van der Waals surface area (Å²) in [7, 11) is 5.34. The normalized spacial score (nSPS) is 41.2. The van der Waals surface area contributed by atoms with Crippen LogP contribution in [0.4, 0.5) is 0 Å². The Morgan fingerprint density at radius 3 is 2.61 bits per heavy atom. The molecule has 0 aromatic carbocycles. The van der Waals surface area contributed by atoms with E-state index in [2.05, 4.69) is 4.99 Å². The fourth-order valence-electron chi connectivity index (χ4n) is 2.11. The Bertz CT molecular complexity index is 339. The van der Waals surface area contributed by atoms with Gasteiger partial charge in [-0.3, -0.25) is 4.99 Å². The van der Waals surface area contributed by atoms with Crippen molar-refractivity contribution in [3.05, 3.63) is 0 Å². The van der Waals surface area contributed by atoms with Crippen molar-refractivity contribution in [3.8, 4) is 0 Å². The topological polar surface area (TPSA) is 74.5 Å². The molecule has 0 aromatic rings. The summed E-state index contributed by atoms with van der Waals surface area (Å²) in [4.78, 5) is 6.27. The van der Waals surface area contributed by atoms with Crippen LogP contribution in [0.5, 0.6) is 0 Å². The third-order valence-electron chi connectivity index (χ3n) is 3.30. The maximum absolute atomic E-state index is 10.1. The van der Waals surface area contributed by atoms with Crippen molar-refractivity contribution >= 4 is 16.9 Å². The highest BCUT2D eigenvalue weighted by atomic mass is 32.2. The summed E-state index contributed by atoms with van der Waals surface area (Å²) in [6, 6.07) is -0.414. The van der Waals surface area contributed by atoms with E-state index in [-0.39, 0.29) is 11.5 Å². The van der Waals surface area contributed by atoms with Gasteiger partial charge in [-0.2, -0.15) is 0 Å². The van der Waals surface area contributed by atoms with E-state index in [9.17, 15) is 10.2 Å². The molecule has 0 spiro atoms. The van der Waals surface area contributed by atoms with Crippen LogP contribution in [0.3, 0.4) is 0 Å². The van der Waals surface area contributed by atoms with E-state index >= 15 is 0 Å². The molecular formula is C11H20N2O4S. The second-order valence-electron chi connectivity index (χ2n) is 4.81. The fraction of sp³-hybridized carbons (Fsp3) is 0.909. The number of ether oxygens (including phenoxy) is 2. The molecule has 7 heteroatoms. The van der Waals surface area contributed by atoms with Crippen molar-refractivity contribution in [2.45, 2.75) is 42.8 Å². The number of aliphatic imine (C=N–C) groups is 1. The second-order valence-corrected chi connectivity index (χ2v) is 5.87. The third-order valence-corrected chi connectivity index (χ3v) is 4.61. The molecule has 0 aromatic heterocycles. The van der Waals surface area contributed by atoms with Crippen LogP contribution >= 0.6 is 11.8 Å². The Labute approximate surface area is 111 Å². The first-order chi connectivity index (χ1) is 8.45. The lowest BCUT2D eigenvalue weighted by atomic mass is 9.95. The minimum absolute atomic E-state index is 0.261. The second kappa shape index (κ2) is 5.34. The molecule has 0 amide bonds.